The minimum Gasteiger partial charge on any atom is -0.507 e. The number of ketones is 1. The normalized spacial score (nSPS) is 17.9. The molecule has 7 nitrogen and oxygen atoms in total. The van der Waals surface area contributed by atoms with Gasteiger partial charge in [0.1, 0.15) is 5.76 Å². The summed E-state index contributed by atoms with van der Waals surface area (Å²) in [4.78, 5) is 38.0. The second kappa shape index (κ2) is 9.55. The highest BCUT2D eigenvalue weighted by atomic mass is 16.6. The van der Waals surface area contributed by atoms with E-state index < -0.39 is 22.7 Å². The van der Waals surface area contributed by atoms with Gasteiger partial charge < -0.3 is 10.0 Å². The van der Waals surface area contributed by atoms with E-state index in [0.29, 0.717) is 24.1 Å². The number of hydrogen-bond donors (Lipinski definition) is 1. The van der Waals surface area contributed by atoms with Crippen LogP contribution < -0.4 is 0 Å². The van der Waals surface area contributed by atoms with Crippen molar-refractivity contribution >= 4 is 23.1 Å². The van der Waals surface area contributed by atoms with Crippen molar-refractivity contribution in [2.45, 2.75) is 45.6 Å². The number of aliphatic hydroxyl groups excluding tert-OH is 1. The Morgan fingerprint density at radius 3 is 2.45 bits per heavy atom. The number of likely N-dealkylation sites (tertiary alicyclic amines) is 1. The lowest BCUT2D eigenvalue weighted by Crippen LogP contribution is -2.30. The number of rotatable bonds is 8. The van der Waals surface area contributed by atoms with Crippen LogP contribution in [0.5, 0.6) is 0 Å². The van der Waals surface area contributed by atoms with Crippen molar-refractivity contribution in [2.24, 2.45) is 0 Å². The van der Waals surface area contributed by atoms with Gasteiger partial charge in [0.05, 0.1) is 16.5 Å². The van der Waals surface area contributed by atoms with E-state index in [1.807, 2.05) is 6.92 Å². The number of Topliss-reactive ketones (excluding diaryl/α,β-unsaturated/α-hetero) is 1. The highest BCUT2D eigenvalue weighted by Crippen LogP contribution is 2.40. The zero-order valence-corrected chi connectivity index (χ0v) is 17.7. The van der Waals surface area contributed by atoms with E-state index in [-0.39, 0.29) is 17.0 Å². The summed E-state index contributed by atoms with van der Waals surface area (Å²) in [5.74, 6) is -1.74. The lowest BCUT2D eigenvalue weighted by atomic mass is 9.94. The molecule has 2 aromatic carbocycles. The average molecular weight is 422 g/mol. The van der Waals surface area contributed by atoms with E-state index in [4.69, 9.17) is 0 Å². The zero-order chi connectivity index (χ0) is 22.5. The smallest absolute Gasteiger partial charge is 0.295 e. The maximum atomic E-state index is 12.9. The molecule has 7 heteroatoms. The Hall–Kier alpha value is -3.48. The van der Waals surface area contributed by atoms with Crippen molar-refractivity contribution < 1.29 is 19.6 Å². The van der Waals surface area contributed by atoms with Crippen LogP contribution in [0.15, 0.2) is 54.1 Å². The summed E-state index contributed by atoms with van der Waals surface area (Å²) in [7, 11) is 0. The number of nitrogens with zero attached hydrogens (tertiary/aromatic N) is 2. The van der Waals surface area contributed by atoms with Crippen LogP contribution in [0.2, 0.25) is 0 Å². The standard InChI is InChI=1S/C24H26N2O5/c1-3-4-5-6-14-25-21(18-8-7-9-19(15-18)26(30)31)20(23(28)24(25)29)22(27)17-12-10-16(2)11-13-17/h7-13,15,21,27H,3-6,14H2,1-2H3/b22-20-/t21-/m1/s1. The molecule has 0 radical (unpaired) electrons. The highest BCUT2D eigenvalue weighted by Gasteiger charge is 2.46. The van der Waals surface area contributed by atoms with Gasteiger partial charge in [-0.25, -0.2) is 0 Å². The Labute approximate surface area is 181 Å². The molecule has 0 saturated carbocycles. The summed E-state index contributed by atoms with van der Waals surface area (Å²) in [6.45, 7) is 4.32. The van der Waals surface area contributed by atoms with Gasteiger partial charge >= 0.3 is 0 Å². The second-order valence-corrected chi connectivity index (χ2v) is 7.77. The molecule has 1 atom stereocenters. The number of aryl methyl sites for hydroxylation is 1. The van der Waals surface area contributed by atoms with Gasteiger partial charge in [0.2, 0.25) is 0 Å². The molecule has 0 spiro atoms. The molecule has 162 valence electrons. The first-order chi connectivity index (χ1) is 14.8. The van der Waals surface area contributed by atoms with Crippen LogP contribution in [-0.2, 0) is 9.59 Å². The van der Waals surface area contributed by atoms with Gasteiger partial charge in [0.25, 0.3) is 17.4 Å². The van der Waals surface area contributed by atoms with Crippen molar-refractivity contribution in [2.75, 3.05) is 6.54 Å². The molecule has 1 heterocycles. The second-order valence-electron chi connectivity index (χ2n) is 7.77. The zero-order valence-electron chi connectivity index (χ0n) is 17.7. The van der Waals surface area contributed by atoms with Crippen LogP contribution in [0.3, 0.4) is 0 Å². The van der Waals surface area contributed by atoms with Crippen molar-refractivity contribution in [1.29, 1.82) is 0 Å². The number of non-ortho nitro benzene ring substituents is 1. The van der Waals surface area contributed by atoms with Crippen molar-refractivity contribution in [3.05, 3.63) is 80.9 Å². The van der Waals surface area contributed by atoms with Gasteiger partial charge in [0.15, 0.2) is 0 Å². The predicted molar refractivity (Wildman–Crippen MR) is 117 cm³/mol. The summed E-state index contributed by atoms with van der Waals surface area (Å²) in [5, 5.41) is 22.3. The molecule has 31 heavy (non-hydrogen) atoms. The van der Waals surface area contributed by atoms with Crippen LogP contribution in [0.25, 0.3) is 5.76 Å². The van der Waals surface area contributed by atoms with Gasteiger partial charge in [-0.3, -0.25) is 19.7 Å². The van der Waals surface area contributed by atoms with Crippen LogP contribution in [0.4, 0.5) is 5.69 Å². The molecule has 1 N–H and O–H groups in total. The number of nitro benzene ring substituents is 1. The topological polar surface area (TPSA) is 101 Å². The van der Waals surface area contributed by atoms with Gasteiger partial charge in [-0.1, -0.05) is 68.1 Å². The molecule has 1 saturated heterocycles. The summed E-state index contributed by atoms with van der Waals surface area (Å²) in [5.41, 5.74) is 1.67. The number of amides is 1. The molecule has 1 fully saturated rings. The third kappa shape index (κ3) is 4.66. The molecule has 1 aliphatic heterocycles. The Bertz CT molecular complexity index is 1030. The molecule has 0 aromatic heterocycles. The number of carbonyl (C=O) groups is 2. The lowest BCUT2D eigenvalue weighted by molar-refractivity contribution is -0.384. The molecule has 1 amide bonds. The van der Waals surface area contributed by atoms with E-state index in [1.165, 1.54) is 23.1 Å². The Morgan fingerprint density at radius 2 is 1.81 bits per heavy atom. The summed E-state index contributed by atoms with van der Waals surface area (Å²) >= 11 is 0. The first-order valence-corrected chi connectivity index (χ1v) is 10.4. The maximum absolute atomic E-state index is 12.9. The first-order valence-electron chi connectivity index (χ1n) is 10.4. The van der Waals surface area contributed by atoms with Crippen LogP contribution in [-0.4, -0.2) is 33.2 Å². The van der Waals surface area contributed by atoms with Crippen LogP contribution >= 0.6 is 0 Å². The van der Waals surface area contributed by atoms with E-state index in [9.17, 15) is 24.8 Å². The average Bonchev–Trinajstić information content (AvgIpc) is 3.01. The van der Waals surface area contributed by atoms with Gasteiger partial charge in [-0.05, 0) is 18.9 Å². The number of unbranched alkanes of at least 4 members (excludes halogenated alkanes) is 3. The monoisotopic (exact) mass is 422 g/mol. The number of benzene rings is 2. The molecule has 0 bridgehead atoms. The van der Waals surface area contributed by atoms with E-state index >= 15 is 0 Å². The Kier molecular flexibility index (Phi) is 6.84. The van der Waals surface area contributed by atoms with Crippen molar-refractivity contribution in [1.82, 2.24) is 4.90 Å². The quantitative estimate of drug-likeness (QED) is 0.163. The summed E-state index contributed by atoms with van der Waals surface area (Å²) in [6.07, 6.45) is 3.64. The van der Waals surface area contributed by atoms with Gasteiger partial charge in [-0.15, -0.1) is 0 Å². The largest absolute Gasteiger partial charge is 0.507 e. The van der Waals surface area contributed by atoms with Gasteiger partial charge in [-0.2, -0.15) is 0 Å². The Balaban J connectivity index is 2.10. The number of aliphatic hydroxyl groups is 1. The van der Waals surface area contributed by atoms with Crippen molar-refractivity contribution in [3.63, 3.8) is 0 Å². The summed E-state index contributed by atoms with van der Waals surface area (Å²) in [6, 6.07) is 12.0. The highest BCUT2D eigenvalue weighted by molar-refractivity contribution is 6.46. The molecule has 0 unspecified atom stereocenters. The molecule has 0 aliphatic carbocycles. The van der Waals surface area contributed by atoms with E-state index in [0.717, 1.165) is 24.8 Å². The lowest BCUT2D eigenvalue weighted by Gasteiger charge is -2.25. The fourth-order valence-electron chi connectivity index (χ4n) is 3.84. The SMILES string of the molecule is CCCCCCN1C(=O)C(=O)/C(=C(\O)c2ccc(C)cc2)[C@H]1c1cccc([N+](=O)[O-])c1. The maximum Gasteiger partial charge on any atom is 0.295 e. The molecule has 3 rings (SSSR count). The fraction of sp³-hybridized carbons (Fsp3) is 0.333. The predicted octanol–water partition coefficient (Wildman–Crippen LogP) is 4.91. The first kappa shape index (κ1) is 22.2. The third-order valence-electron chi connectivity index (χ3n) is 5.51. The number of nitro groups is 1. The van der Waals surface area contributed by atoms with Gasteiger partial charge in [0, 0.05) is 24.2 Å². The number of carbonyl (C=O) groups excluding carboxylic acids is 2. The van der Waals surface area contributed by atoms with Crippen LogP contribution in [0.1, 0.15) is 55.3 Å². The van der Waals surface area contributed by atoms with Crippen molar-refractivity contribution in [3.8, 4) is 0 Å². The fourth-order valence-corrected chi connectivity index (χ4v) is 3.84. The molecular formula is C24H26N2O5. The van der Waals surface area contributed by atoms with E-state index in [2.05, 4.69) is 6.92 Å². The Morgan fingerprint density at radius 1 is 1.10 bits per heavy atom. The van der Waals surface area contributed by atoms with E-state index in [1.54, 1.807) is 30.3 Å². The molecule has 2 aromatic rings. The third-order valence-corrected chi connectivity index (χ3v) is 5.51. The molecular weight excluding hydrogens is 396 g/mol. The van der Waals surface area contributed by atoms with Crippen LogP contribution in [0, 0.1) is 17.0 Å². The minimum absolute atomic E-state index is 0.0372. The minimum atomic E-state index is -0.872. The summed E-state index contributed by atoms with van der Waals surface area (Å²) < 4.78 is 0. The molecule has 1 aliphatic rings. The number of hydrogen-bond acceptors (Lipinski definition) is 5.